The lowest BCUT2D eigenvalue weighted by atomic mass is 10.2. The van der Waals surface area contributed by atoms with E-state index in [1.807, 2.05) is 31.2 Å². The van der Waals surface area contributed by atoms with E-state index in [9.17, 15) is 13.6 Å². The number of hydrogen-bond donors (Lipinski definition) is 1. The number of nitrogens with zero attached hydrogens (tertiary/aromatic N) is 2. The summed E-state index contributed by atoms with van der Waals surface area (Å²) in [6.07, 6.45) is 0. The van der Waals surface area contributed by atoms with Gasteiger partial charge >= 0.3 is 0 Å². The SMILES string of the molecule is Cc1cccc(OCc2nnc(S[C@@H](C)C(=O)Nc3c(F)cccc3F)o2)c1. The predicted molar refractivity (Wildman–Crippen MR) is 100 cm³/mol. The molecule has 0 spiro atoms. The van der Waals surface area contributed by atoms with Crippen molar-refractivity contribution in [2.75, 3.05) is 5.32 Å². The smallest absolute Gasteiger partial charge is 0.277 e. The van der Waals surface area contributed by atoms with Crippen LogP contribution in [0.25, 0.3) is 0 Å². The van der Waals surface area contributed by atoms with Crippen molar-refractivity contribution in [1.82, 2.24) is 10.2 Å². The van der Waals surface area contributed by atoms with E-state index in [4.69, 9.17) is 9.15 Å². The van der Waals surface area contributed by atoms with Crippen molar-refractivity contribution < 1.29 is 22.7 Å². The Morgan fingerprint density at radius 1 is 1.21 bits per heavy atom. The molecule has 0 saturated carbocycles. The van der Waals surface area contributed by atoms with Crippen molar-refractivity contribution in [2.45, 2.75) is 30.9 Å². The maximum Gasteiger partial charge on any atom is 0.277 e. The van der Waals surface area contributed by atoms with Gasteiger partial charge in [0, 0.05) is 0 Å². The number of benzene rings is 2. The molecule has 0 bridgehead atoms. The van der Waals surface area contributed by atoms with Gasteiger partial charge < -0.3 is 14.5 Å². The molecule has 3 rings (SSSR count). The molecule has 2 aromatic carbocycles. The summed E-state index contributed by atoms with van der Waals surface area (Å²) in [6, 6.07) is 10.9. The van der Waals surface area contributed by atoms with Crippen molar-refractivity contribution in [3.63, 3.8) is 0 Å². The molecule has 1 atom stereocenters. The number of nitrogens with one attached hydrogen (secondary N) is 1. The fraction of sp³-hybridized carbons (Fsp3) is 0.211. The highest BCUT2D eigenvalue weighted by molar-refractivity contribution is 8.00. The number of para-hydroxylation sites is 1. The standard InChI is InChI=1S/C19H17F2N3O3S/c1-11-5-3-6-13(9-11)26-10-16-23-24-19(27-16)28-12(2)18(25)22-17-14(20)7-4-8-15(17)21/h3-9,12H,10H2,1-2H3,(H,22,25)/t12-/m0/s1. The van der Waals surface area contributed by atoms with E-state index in [0.717, 1.165) is 29.5 Å². The van der Waals surface area contributed by atoms with Crippen LogP contribution in [0.2, 0.25) is 0 Å². The van der Waals surface area contributed by atoms with Crippen molar-refractivity contribution in [2.24, 2.45) is 0 Å². The van der Waals surface area contributed by atoms with Crippen molar-refractivity contribution in [1.29, 1.82) is 0 Å². The molecule has 1 heterocycles. The van der Waals surface area contributed by atoms with Crippen LogP contribution in [-0.2, 0) is 11.4 Å². The predicted octanol–water partition coefficient (Wildman–Crippen LogP) is 4.35. The van der Waals surface area contributed by atoms with Crippen LogP contribution in [-0.4, -0.2) is 21.4 Å². The Bertz CT molecular complexity index is 960. The average molecular weight is 405 g/mol. The molecule has 6 nitrogen and oxygen atoms in total. The molecule has 3 aromatic rings. The first-order valence-electron chi connectivity index (χ1n) is 8.36. The summed E-state index contributed by atoms with van der Waals surface area (Å²) in [5.74, 6) is -1.37. The van der Waals surface area contributed by atoms with Crippen LogP contribution in [0, 0.1) is 18.6 Å². The van der Waals surface area contributed by atoms with Gasteiger partial charge in [0.15, 0.2) is 6.61 Å². The molecule has 1 amide bonds. The lowest BCUT2D eigenvalue weighted by molar-refractivity contribution is -0.115. The van der Waals surface area contributed by atoms with E-state index < -0.39 is 28.5 Å². The van der Waals surface area contributed by atoms with Crippen molar-refractivity contribution in [3.8, 4) is 5.75 Å². The Hall–Kier alpha value is -2.94. The Morgan fingerprint density at radius 3 is 2.64 bits per heavy atom. The summed E-state index contributed by atoms with van der Waals surface area (Å²) < 4.78 is 38.3. The van der Waals surface area contributed by atoms with Crippen LogP contribution in [0.3, 0.4) is 0 Å². The van der Waals surface area contributed by atoms with Gasteiger partial charge in [0.05, 0.1) is 5.25 Å². The van der Waals surface area contributed by atoms with Gasteiger partial charge in [0.2, 0.25) is 5.91 Å². The van der Waals surface area contributed by atoms with Crippen LogP contribution in [0.4, 0.5) is 14.5 Å². The van der Waals surface area contributed by atoms with E-state index in [0.29, 0.717) is 5.75 Å². The van der Waals surface area contributed by atoms with E-state index in [1.165, 1.54) is 6.07 Å². The number of aryl methyl sites for hydroxylation is 1. The Labute approximate surface area is 164 Å². The number of halogens is 2. The number of rotatable bonds is 7. The first-order valence-corrected chi connectivity index (χ1v) is 9.23. The second-order valence-corrected chi connectivity index (χ2v) is 7.20. The first kappa shape index (κ1) is 19.8. The van der Waals surface area contributed by atoms with Crippen molar-refractivity contribution >= 4 is 23.4 Å². The monoisotopic (exact) mass is 405 g/mol. The summed E-state index contributed by atoms with van der Waals surface area (Å²) in [6.45, 7) is 3.60. The molecule has 0 aliphatic carbocycles. The zero-order valence-electron chi connectivity index (χ0n) is 15.1. The molecule has 0 saturated heterocycles. The summed E-state index contributed by atoms with van der Waals surface area (Å²) in [4.78, 5) is 12.2. The van der Waals surface area contributed by atoms with Crippen molar-refractivity contribution in [3.05, 3.63) is 65.6 Å². The maximum absolute atomic E-state index is 13.6. The number of carbonyl (C=O) groups excluding carboxylic acids is 1. The highest BCUT2D eigenvalue weighted by Crippen LogP contribution is 2.25. The molecule has 1 aromatic heterocycles. The fourth-order valence-electron chi connectivity index (χ4n) is 2.24. The molecular formula is C19H17F2N3O3S. The quantitative estimate of drug-likeness (QED) is 0.589. The third-order valence-electron chi connectivity index (χ3n) is 3.66. The van der Waals surface area contributed by atoms with Gasteiger partial charge in [0.25, 0.3) is 11.1 Å². The molecule has 0 fully saturated rings. The maximum atomic E-state index is 13.6. The molecule has 0 aliphatic rings. The lowest BCUT2D eigenvalue weighted by Crippen LogP contribution is -2.23. The number of hydrogen-bond acceptors (Lipinski definition) is 6. The number of thioether (sulfide) groups is 1. The van der Waals surface area contributed by atoms with Gasteiger partial charge in [-0.15, -0.1) is 10.2 Å². The largest absolute Gasteiger partial charge is 0.484 e. The molecule has 9 heteroatoms. The fourth-order valence-corrected chi connectivity index (χ4v) is 2.94. The van der Waals surface area contributed by atoms with Gasteiger partial charge in [0.1, 0.15) is 23.1 Å². The van der Waals surface area contributed by atoms with Crippen LogP contribution < -0.4 is 10.1 Å². The van der Waals surface area contributed by atoms with Gasteiger partial charge in [-0.05, 0) is 43.7 Å². The van der Waals surface area contributed by atoms with Crippen LogP contribution in [0.15, 0.2) is 52.1 Å². The summed E-state index contributed by atoms with van der Waals surface area (Å²) in [7, 11) is 0. The third kappa shape index (κ3) is 5.07. The number of carbonyl (C=O) groups is 1. The average Bonchev–Trinajstić information content (AvgIpc) is 3.10. The Morgan fingerprint density at radius 2 is 1.93 bits per heavy atom. The molecule has 0 radical (unpaired) electrons. The minimum Gasteiger partial charge on any atom is -0.484 e. The van der Waals surface area contributed by atoms with Gasteiger partial charge in [-0.25, -0.2) is 8.78 Å². The number of ether oxygens (including phenoxy) is 1. The molecule has 1 N–H and O–H groups in total. The zero-order chi connectivity index (χ0) is 20.1. The van der Waals surface area contributed by atoms with Gasteiger partial charge in [-0.1, -0.05) is 30.0 Å². The molecule has 28 heavy (non-hydrogen) atoms. The Balaban J connectivity index is 1.56. The zero-order valence-corrected chi connectivity index (χ0v) is 15.9. The van der Waals surface area contributed by atoms with E-state index in [1.54, 1.807) is 6.92 Å². The first-order chi connectivity index (χ1) is 13.4. The van der Waals surface area contributed by atoms with Gasteiger partial charge in [-0.3, -0.25) is 4.79 Å². The van der Waals surface area contributed by atoms with Crippen LogP contribution >= 0.6 is 11.8 Å². The van der Waals surface area contributed by atoms with E-state index in [-0.39, 0.29) is 17.7 Å². The van der Waals surface area contributed by atoms with Crippen LogP contribution in [0.1, 0.15) is 18.4 Å². The third-order valence-corrected chi connectivity index (χ3v) is 4.59. The molecule has 146 valence electrons. The van der Waals surface area contributed by atoms with Gasteiger partial charge in [-0.2, -0.15) is 0 Å². The number of aromatic nitrogens is 2. The second kappa shape index (κ2) is 8.83. The minimum absolute atomic E-state index is 0.0814. The minimum atomic E-state index is -0.848. The lowest BCUT2D eigenvalue weighted by Gasteiger charge is -2.11. The second-order valence-electron chi connectivity index (χ2n) is 5.91. The number of anilines is 1. The normalized spacial score (nSPS) is 11.9. The summed E-state index contributed by atoms with van der Waals surface area (Å²) in [5, 5.41) is 9.38. The Kier molecular flexibility index (Phi) is 6.25. The highest BCUT2D eigenvalue weighted by atomic mass is 32.2. The summed E-state index contributed by atoms with van der Waals surface area (Å²) >= 11 is 0.975. The summed E-state index contributed by atoms with van der Waals surface area (Å²) in [5.41, 5.74) is 0.572. The number of amides is 1. The topological polar surface area (TPSA) is 77.2 Å². The molecular weight excluding hydrogens is 388 g/mol. The molecule has 0 unspecified atom stereocenters. The highest BCUT2D eigenvalue weighted by Gasteiger charge is 2.21. The van der Waals surface area contributed by atoms with Crippen LogP contribution in [0.5, 0.6) is 5.75 Å². The van der Waals surface area contributed by atoms with E-state index in [2.05, 4.69) is 15.5 Å². The molecule has 0 aliphatic heterocycles. The van der Waals surface area contributed by atoms with E-state index >= 15 is 0 Å².